The maximum absolute atomic E-state index is 4.16. The molecule has 2 heteroatoms. The second kappa shape index (κ2) is 8.49. The number of allylic oxidation sites excluding steroid dienone is 14. The number of hydrogen-bond donors (Lipinski definition) is 0. The minimum absolute atomic E-state index is 0.0669. The maximum Gasteiger partial charge on any atom is 0.173 e. The molecule has 4 aliphatic rings. The minimum Gasteiger partial charge on any atom is -0.265 e. The molecule has 0 spiro atoms. The van der Waals surface area contributed by atoms with Gasteiger partial charge in [-0.25, -0.2) is 4.57 Å². The van der Waals surface area contributed by atoms with E-state index in [4.69, 9.17) is 0 Å². The van der Waals surface area contributed by atoms with E-state index in [-0.39, 0.29) is 21.7 Å². The van der Waals surface area contributed by atoms with E-state index < -0.39 is 0 Å². The molecule has 0 saturated carbocycles. The van der Waals surface area contributed by atoms with E-state index >= 15 is 0 Å². The molecule has 0 unspecified atom stereocenters. The summed E-state index contributed by atoms with van der Waals surface area (Å²) < 4.78 is 2.25. The Morgan fingerprint density at radius 2 is 1.23 bits per heavy atom. The van der Waals surface area contributed by atoms with Gasteiger partial charge in [0, 0.05) is 40.9 Å². The summed E-state index contributed by atoms with van der Waals surface area (Å²) >= 11 is 0. The van der Waals surface area contributed by atoms with E-state index in [1.54, 1.807) is 0 Å². The molecular formula is C37H41N2+. The lowest BCUT2D eigenvalue weighted by molar-refractivity contribution is -0.688. The van der Waals surface area contributed by atoms with Crippen LogP contribution in [0, 0.1) is 21.7 Å². The quantitative estimate of drug-likeness (QED) is 0.376. The second-order valence-electron chi connectivity index (χ2n) is 14.0. The van der Waals surface area contributed by atoms with Crippen LogP contribution in [0.1, 0.15) is 66.5 Å². The summed E-state index contributed by atoms with van der Waals surface area (Å²) in [5.74, 6) is 0. The fourth-order valence-corrected chi connectivity index (χ4v) is 6.70. The van der Waals surface area contributed by atoms with Crippen molar-refractivity contribution in [3.63, 3.8) is 0 Å². The van der Waals surface area contributed by atoms with Gasteiger partial charge in [0.25, 0.3) is 0 Å². The lowest BCUT2D eigenvalue weighted by Gasteiger charge is -2.58. The van der Waals surface area contributed by atoms with Gasteiger partial charge in [0.15, 0.2) is 18.9 Å². The van der Waals surface area contributed by atoms with Gasteiger partial charge in [-0.05, 0) is 73.6 Å². The predicted octanol–water partition coefficient (Wildman–Crippen LogP) is 8.52. The van der Waals surface area contributed by atoms with Crippen LogP contribution >= 0.6 is 0 Å². The zero-order valence-corrected chi connectivity index (χ0v) is 24.8. The Morgan fingerprint density at radius 1 is 0.667 bits per heavy atom. The molecule has 0 radical (unpaired) electrons. The van der Waals surface area contributed by atoms with Crippen molar-refractivity contribution in [2.24, 2.45) is 21.7 Å². The average molecular weight is 514 g/mol. The van der Waals surface area contributed by atoms with E-state index in [1.165, 1.54) is 50.1 Å². The molecule has 198 valence electrons. The SMILES string of the molecule is CC(C)(C)C1=CC2=CC(c3cc[n+](Cc4ccncc4)cc3)=C3C=C(C(C)(C)C)C=C4C=CC(=C1)[C@]2(C)[C@@]43C. The molecule has 2 atom stereocenters. The number of pyridine rings is 2. The molecule has 0 saturated heterocycles. The summed E-state index contributed by atoms with van der Waals surface area (Å²) in [5, 5.41) is 0. The summed E-state index contributed by atoms with van der Waals surface area (Å²) in [6.45, 7) is 19.7. The summed E-state index contributed by atoms with van der Waals surface area (Å²) in [7, 11) is 0. The maximum atomic E-state index is 4.16. The van der Waals surface area contributed by atoms with Gasteiger partial charge in [-0.1, -0.05) is 91.8 Å². The Kier molecular flexibility index (Phi) is 5.60. The van der Waals surface area contributed by atoms with Crippen LogP contribution in [0.5, 0.6) is 0 Å². The molecular weight excluding hydrogens is 472 g/mol. The third kappa shape index (κ3) is 3.91. The third-order valence-corrected chi connectivity index (χ3v) is 9.58. The molecule has 39 heavy (non-hydrogen) atoms. The molecule has 2 heterocycles. The molecule has 4 aliphatic carbocycles. The largest absolute Gasteiger partial charge is 0.265 e. The molecule has 0 fully saturated rings. The summed E-state index contributed by atoms with van der Waals surface area (Å²) in [6, 6.07) is 8.75. The average Bonchev–Trinajstić information content (AvgIpc) is 2.87. The van der Waals surface area contributed by atoms with Crippen LogP contribution in [0.3, 0.4) is 0 Å². The van der Waals surface area contributed by atoms with E-state index in [0.717, 1.165) is 6.54 Å². The van der Waals surface area contributed by atoms with Crippen LogP contribution in [0.15, 0.2) is 125 Å². The van der Waals surface area contributed by atoms with Crippen LogP contribution in [-0.4, -0.2) is 4.98 Å². The Balaban J connectivity index is 1.57. The van der Waals surface area contributed by atoms with Gasteiger partial charge < -0.3 is 0 Å². The Hall–Kier alpha value is -3.52. The normalized spacial score (nSPS) is 25.8. The fourth-order valence-electron chi connectivity index (χ4n) is 6.70. The number of nitrogens with zero attached hydrogens (tertiary/aromatic N) is 2. The van der Waals surface area contributed by atoms with Crippen molar-refractivity contribution < 1.29 is 4.57 Å². The Morgan fingerprint density at radius 3 is 1.82 bits per heavy atom. The first-order chi connectivity index (χ1) is 18.3. The topological polar surface area (TPSA) is 16.8 Å². The molecule has 2 aromatic heterocycles. The van der Waals surface area contributed by atoms with Crippen molar-refractivity contribution in [2.45, 2.75) is 61.9 Å². The standard InChI is InChI=1S/C37H41N2/c1-34(2,3)29-19-27-9-10-28-20-30(35(4,5)6)23-33-32(22-31(21-29)36(27,7)37(28,33)8)26-13-17-39(18-14-26)24-25-11-15-38-16-12-25/h9-23H,24H2,1-8H3/q+1/t36-,37-/m0/s1. The lowest BCUT2D eigenvalue weighted by atomic mass is 9.44. The number of rotatable bonds is 3. The predicted molar refractivity (Wildman–Crippen MR) is 162 cm³/mol. The van der Waals surface area contributed by atoms with Crippen LogP contribution < -0.4 is 4.57 Å². The minimum atomic E-state index is -0.148. The third-order valence-electron chi connectivity index (χ3n) is 9.58. The zero-order valence-electron chi connectivity index (χ0n) is 24.8. The van der Waals surface area contributed by atoms with E-state index in [0.29, 0.717) is 0 Å². The zero-order chi connectivity index (χ0) is 27.8. The number of hydrogen-bond acceptors (Lipinski definition) is 1. The van der Waals surface area contributed by atoms with Gasteiger partial charge in [0.2, 0.25) is 0 Å². The highest BCUT2D eigenvalue weighted by atomic mass is 14.9. The molecule has 0 amide bonds. The molecule has 0 aliphatic heterocycles. The fraction of sp³-hybridized carbons (Fsp3) is 0.351. The van der Waals surface area contributed by atoms with Crippen molar-refractivity contribution in [1.29, 1.82) is 0 Å². The second-order valence-corrected chi connectivity index (χ2v) is 14.0. The van der Waals surface area contributed by atoms with Gasteiger partial charge in [-0.3, -0.25) is 4.98 Å². The van der Waals surface area contributed by atoms with Gasteiger partial charge in [-0.15, -0.1) is 0 Å². The van der Waals surface area contributed by atoms with Gasteiger partial charge >= 0.3 is 0 Å². The molecule has 0 aromatic carbocycles. The molecule has 2 nitrogen and oxygen atoms in total. The van der Waals surface area contributed by atoms with Crippen LogP contribution in [0.25, 0.3) is 5.57 Å². The van der Waals surface area contributed by atoms with Crippen molar-refractivity contribution in [3.8, 4) is 0 Å². The molecule has 2 aromatic rings. The van der Waals surface area contributed by atoms with Crippen molar-refractivity contribution in [2.75, 3.05) is 0 Å². The first kappa shape index (κ1) is 25.7. The monoisotopic (exact) mass is 513 g/mol. The molecule has 0 N–H and O–H groups in total. The van der Waals surface area contributed by atoms with E-state index in [9.17, 15) is 0 Å². The van der Waals surface area contributed by atoms with Crippen LogP contribution in [0.4, 0.5) is 0 Å². The van der Waals surface area contributed by atoms with Gasteiger partial charge in [-0.2, -0.15) is 0 Å². The van der Waals surface area contributed by atoms with E-state index in [2.05, 4.69) is 144 Å². The summed E-state index contributed by atoms with van der Waals surface area (Å²) in [5.41, 5.74) is 12.2. The Bertz CT molecular complexity index is 1570. The Labute approximate surface area is 234 Å². The van der Waals surface area contributed by atoms with Crippen molar-refractivity contribution in [1.82, 2.24) is 4.98 Å². The molecule has 0 bridgehead atoms. The highest BCUT2D eigenvalue weighted by molar-refractivity contribution is 5.87. The first-order valence-corrected chi connectivity index (χ1v) is 14.2. The van der Waals surface area contributed by atoms with Gasteiger partial charge in [0.05, 0.1) is 0 Å². The van der Waals surface area contributed by atoms with Crippen LogP contribution in [-0.2, 0) is 6.54 Å². The van der Waals surface area contributed by atoms with Crippen LogP contribution in [0.2, 0.25) is 0 Å². The summed E-state index contributed by atoms with van der Waals surface area (Å²) in [6.07, 6.45) is 25.4. The number of aromatic nitrogens is 2. The lowest BCUT2D eigenvalue weighted by Crippen LogP contribution is -2.48. The molecule has 6 rings (SSSR count). The van der Waals surface area contributed by atoms with Gasteiger partial charge in [0.1, 0.15) is 0 Å². The van der Waals surface area contributed by atoms with Crippen molar-refractivity contribution >= 4 is 5.57 Å². The highest BCUT2D eigenvalue weighted by Gasteiger charge is 2.58. The smallest absolute Gasteiger partial charge is 0.173 e. The van der Waals surface area contributed by atoms with Crippen molar-refractivity contribution in [3.05, 3.63) is 136 Å². The first-order valence-electron chi connectivity index (χ1n) is 14.2. The van der Waals surface area contributed by atoms with E-state index in [1.807, 2.05) is 12.4 Å². The summed E-state index contributed by atoms with van der Waals surface area (Å²) in [4.78, 5) is 4.16. The highest BCUT2D eigenvalue weighted by Crippen LogP contribution is 2.68.